The van der Waals surface area contributed by atoms with Gasteiger partial charge in [-0.1, -0.05) is 17.7 Å². The lowest BCUT2D eigenvalue weighted by Gasteiger charge is -2.07. The van der Waals surface area contributed by atoms with Crippen molar-refractivity contribution in [2.45, 2.75) is 20.0 Å². The summed E-state index contributed by atoms with van der Waals surface area (Å²) in [6.07, 6.45) is 3.53. The van der Waals surface area contributed by atoms with Crippen LogP contribution in [0.5, 0.6) is 11.5 Å². The van der Waals surface area contributed by atoms with Gasteiger partial charge in [-0.05, 0) is 31.7 Å². The van der Waals surface area contributed by atoms with Crippen molar-refractivity contribution in [3.8, 4) is 11.5 Å². The van der Waals surface area contributed by atoms with Gasteiger partial charge in [-0.2, -0.15) is 5.10 Å². The van der Waals surface area contributed by atoms with E-state index in [9.17, 15) is 0 Å². The number of nitrogens with zero attached hydrogens (tertiary/aromatic N) is 2. The van der Waals surface area contributed by atoms with Crippen molar-refractivity contribution in [1.82, 2.24) is 15.1 Å². The number of halogens is 1. The summed E-state index contributed by atoms with van der Waals surface area (Å²) in [5.74, 6) is 1.34. The molecule has 96 valence electrons. The van der Waals surface area contributed by atoms with Crippen LogP contribution < -0.4 is 10.1 Å². The molecule has 1 aromatic heterocycles. The lowest BCUT2D eigenvalue weighted by atomic mass is 10.2. The minimum absolute atomic E-state index is 0.604. The van der Waals surface area contributed by atoms with Crippen LogP contribution in [0.2, 0.25) is 5.02 Å². The molecule has 1 aromatic carbocycles. The largest absolute Gasteiger partial charge is 0.452 e. The van der Waals surface area contributed by atoms with E-state index in [1.54, 1.807) is 10.9 Å². The Balaban J connectivity index is 2.13. The quantitative estimate of drug-likeness (QED) is 0.903. The predicted octanol–water partition coefficient (Wildman–Crippen LogP) is 3.07. The minimum Gasteiger partial charge on any atom is -0.452 e. The Labute approximate surface area is 112 Å². The van der Waals surface area contributed by atoms with Crippen LogP contribution in [0.3, 0.4) is 0 Å². The molecule has 0 fully saturated rings. The van der Waals surface area contributed by atoms with Crippen molar-refractivity contribution in [3.05, 3.63) is 41.2 Å². The molecule has 0 saturated carbocycles. The highest BCUT2D eigenvalue weighted by Crippen LogP contribution is 2.29. The summed E-state index contributed by atoms with van der Waals surface area (Å²) >= 11 is 6.18. The molecule has 1 heterocycles. The molecule has 2 aromatic rings. The van der Waals surface area contributed by atoms with E-state index in [1.165, 1.54) is 0 Å². The van der Waals surface area contributed by atoms with E-state index < -0.39 is 0 Å². The average molecular weight is 266 g/mol. The highest BCUT2D eigenvalue weighted by molar-refractivity contribution is 6.32. The molecule has 0 radical (unpaired) electrons. The lowest BCUT2D eigenvalue weighted by molar-refractivity contribution is 0.481. The Kier molecular flexibility index (Phi) is 4.23. The summed E-state index contributed by atoms with van der Waals surface area (Å²) in [5.41, 5.74) is 1.12. The Morgan fingerprint density at radius 3 is 2.89 bits per heavy atom. The highest BCUT2D eigenvalue weighted by atomic mass is 35.5. The van der Waals surface area contributed by atoms with E-state index in [1.807, 2.05) is 38.4 Å². The molecule has 5 heteroatoms. The highest BCUT2D eigenvalue weighted by Gasteiger charge is 2.06. The third-order valence-corrected chi connectivity index (χ3v) is 2.83. The van der Waals surface area contributed by atoms with Crippen molar-refractivity contribution in [1.29, 1.82) is 0 Å². The number of hydrogen-bond acceptors (Lipinski definition) is 3. The number of benzene rings is 1. The molecular formula is C13H16ClN3O. The molecule has 0 amide bonds. The first-order valence-electron chi connectivity index (χ1n) is 5.86. The SMILES string of the molecule is CCn1cc(Oc2ccc(CNC)cc2Cl)cn1. The van der Waals surface area contributed by atoms with Gasteiger partial charge in [-0.3, -0.25) is 4.68 Å². The van der Waals surface area contributed by atoms with E-state index in [2.05, 4.69) is 10.4 Å². The monoisotopic (exact) mass is 265 g/mol. The van der Waals surface area contributed by atoms with E-state index >= 15 is 0 Å². The summed E-state index contributed by atoms with van der Waals surface area (Å²) in [4.78, 5) is 0. The fourth-order valence-electron chi connectivity index (χ4n) is 1.64. The fourth-order valence-corrected chi connectivity index (χ4v) is 1.88. The van der Waals surface area contributed by atoms with Gasteiger partial charge < -0.3 is 10.1 Å². The Hall–Kier alpha value is -1.52. The Morgan fingerprint density at radius 1 is 1.44 bits per heavy atom. The molecular weight excluding hydrogens is 250 g/mol. The molecule has 0 aliphatic carbocycles. The van der Waals surface area contributed by atoms with E-state index in [0.29, 0.717) is 16.5 Å². The van der Waals surface area contributed by atoms with Crippen LogP contribution in [0.25, 0.3) is 0 Å². The summed E-state index contributed by atoms with van der Waals surface area (Å²) in [5, 5.41) is 7.83. The van der Waals surface area contributed by atoms with Crippen molar-refractivity contribution in [3.63, 3.8) is 0 Å². The normalized spacial score (nSPS) is 10.6. The van der Waals surface area contributed by atoms with Crippen LogP contribution >= 0.6 is 11.6 Å². The molecule has 0 atom stereocenters. The maximum absolute atomic E-state index is 6.18. The Bertz CT molecular complexity index is 525. The topological polar surface area (TPSA) is 39.1 Å². The molecule has 0 bridgehead atoms. The summed E-state index contributed by atoms with van der Waals surface area (Å²) < 4.78 is 7.49. The Morgan fingerprint density at radius 2 is 2.28 bits per heavy atom. The molecule has 18 heavy (non-hydrogen) atoms. The zero-order valence-electron chi connectivity index (χ0n) is 10.5. The van der Waals surface area contributed by atoms with E-state index in [0.717, 1.165) is 18.7 Å². The minimum atomic E-state index is 0.604. The number of rotatable bonds is 5. The summed E-state index contributed by atoms with van der Waals surface area (Å²) in [6.45, 7) is 3.63. The van der Waals surface area contributed by atoms with Gasteiger partial charge in [0.15, 0.2) is 5.75 Å². The fraction of sp³-hybridized carbons (Fsp3) is 0.308. The zero-order valence-corrected chi connectivity index (χ0v) is 11.2. The number of aryl methyl sites for hydroxylation is 1. The third-order valence-electron chi connectivity index (χ3n) is 2.54. The second kappa shape index (κ2) is 5.89. The van der Waals surface area contributed by atoms with Crippen molar-refractivity contribution < 1.29 is 4.74 Å². The molecule has 0 aliphatic rings. The maximum Gasteiger partial charge on any atom is 0.165 e. The van der Waals surface area contributed by atoms with Gasteiger partial charge in [0.05, 0.1) is 17.4 Å². The first kappa shape index (κ1) is 12.9. The number of aromatic nitrogens is 2. The molecule has 1 N–H and O–H groups in total. The van der Waals surface area contributed by atoms with Gasteiger partial charge in [0, 0.05) is 13.1 Å². The van der Waals surface area contributed by atoms with E-state index in [-0.39, 0.29) is 0 Å². The average Bonchev–Trinajstić information content (AvgIpc) is 2.81. The first-order valence-corrected chi connectivity index (χ1v) is 6.24. The smallest absolute Gasteiger partial charge is 0.165 e. The molecule has 0 saturated heterocycles. The standard InChI is InChI=1S/C13H16ClN3O/c1-3-17-9-11(8-16-17)18-13-5-4-10(7-15-2)6-12(13)14/h4-6,8-9,15H,3,7H2,1-2H3. The molecule has 2 rings (SSSR count). The number of nitrogens with one attached hydrogen (secondary N) is 1. The first-order chi connectivity index (χ1) is 8.72. The van der Waals surface area contributed by atoms with Crippen LogP contribution in [0.1, 0.15) is 12.5 Å². The van der Waals surface area contributed by atoms with Gasteiger partial charge in [-0.15, -0.1) is 0 Å². The third kappa shape index (κ3) is 3.03. The number of ether oxygens (including phenoxy) is 1. The van der Waals surface area contributed by atoms with Crippen LogP contribution in [0, 0.1) is 0 Å². The van der Waals surface area contributed by atoms with Crippen molar-refractivity contribution in [2.75, 3.05) is 7.05 Å². The molecule has 4 nitrogen and oxygen atoms in total. The van der Waals surface area contributed by atoms with Crippen molar-refractivity contribution >= 4 is 11.6 Å². The maximum atomic E-state index is 6.18. The van der Waals surface area contributed by atoms with Gasteiger partial charge in [0.1, 0.15) is 5.75 Å². The van der Waals surface area contributed by atoms with Crippen LogP contribution in [-0.2, 0) is 13.1 Å². The predicted molar refractivity (Wildman–Crippen MR) is 72.2 cm³/mol. The van der Waals surface area contributed by atoms with Gasteiger partial charge in [0.2, 0.25) is 0 Å². The molecule has 0 spiro atoms. The van der Waals surface area contributed by atoms with Crippen LogP contribution in [0.15, 0.2) is 30.6 Å². The van der Waals surface area contributed by atoms with Crippen molar-refractivity contribution in [2.24, 2.45) is 0 Å². The second-order valence-corrected chi connectivity index (χ2v) is 4.34. The second-order valence-electron chi connectivity index (χ2n) is 3.93. The molecule has 0 aliphatic heterocycles. The summed E-state index contributed by atoms with van der Waals surface area (Å²) in [6, 6.07) is 5.76. The van der Waals surface area contributed by atoms with Gasteiger partial charge >= 0.3 is 0 Å². The van der Waals surface area contributed by atoms with Gasteiger partial charge in [-0.25, -0.2) is 0 Å². The van der Waals surface area contributed by atoms with E-state index in [4.69, 9.17) is 16.3 Å². The molecule has 0 unspecified atom stereocenters. The summed E-state index contributed by atoms with van der Waals surface area (Å²) in [7, 11) is 1.90. The number of hydrogen-bond donors (Lipinski definition) is 1. The van der Waals surface area contributed by atoms with Gasteiger partial charge in [0.25, 0.3) is 0 Å². The van der Waals surface area contributed by atoms with Crippen LogP contribution in [-0.4, -0.2) is 16.8 Å². The zero-order chi connectivity index (χ0) is 13.0. The van der Waals surface area contributed by atoms with Crippen LogP contribution in [0.4, 0.5) is 0 Å². The lowest BCUT2D eigenvalue weighted by Crippen LogP contribution is -2.04.